The summed E-state index contributed by atoms with van der Waals surface area (Å²) in [4.78, 5) is 31.9. The molecular formula is C21H31N3O5S. The number of para-hydroxylation sites is 1. The average molecular weight is 438 g/mol. The summed E-state index contributed by atoms with van der Waals surface area (Å²) in [6, 6.07) is 6.71. The zero-order valence-electron chi connectivity index (χ0n) is 17.7. The third kappa shape index (κ3) is 5.51. The van der Waals surface area contributed by atoms with Gasteiger partial charge in [-0.15, -0.1) is 0 Å². The van der Waals surface area contributed by atoms with Crippen molar-refractivity contribution in [3.63, 3.8) is 0 Å². The third-order valence-electron chi connectivity index (χ3n) is 5.68. The van der Waals surface area contributed by atoms with E-state index in [-0.39, 0.29) is 17.6 Å². The van der Waals surface area contributed by atoms with Gasteiger partial charge >= 0.3 is 0 Å². The lowest BCUT2D eigenvalue weighted by atomic mass is 10.1. The second-order valence-corrected chi connectivity index (χ2v) is 10.1. The van der Waals surface area contributed by atoms with Crippen molar-refractivity contribution in [1.29, 1.82) is 0 Å². The third-order valence-corrected chi connectivity index (χ3v) is 6.60. The fourth-order valence-corrected chi connectivity index (χ4v) is 4.63. The first-order chi connectivity index (χ1) is 14.3. The van der Waals surface area contributed by atoms with E-state index in [4.69, 9.17) is 4.74 Å². The molecule has 8 nitrogen and oxygen atoms in total. The quantitative estimate of drug-likeness (QED) is 0.629. The minimum absolute atomic E-state index is 0.0162. The van der Waals surface area contributed by atoms with Gasteiger partial charge in [0.15, 0.2) is 0 Å². The second kappa shape index (κ2) is 9.78. The van der Waals surface area contributed by atoms with Crippen molar-refractivity contribution in [2.24, 2.45) is 0 Å². The predicted octanol–water partition coefficient (Wildman–Crippen LogP) is 0.879. The summed E-state index contributed by atoms with van der Waals surface area (Å²) in [6.07, 6.45) is 2.70. The van der Waals surface area contributed by atoms with E-state index in [1.54, 1.807) is 23.1 Å². The Morgan fingerprint density at radius 3 is 2.47 bits per heavy atom. The topological polar surface area (TPSA) is 87.2 Å². The zero-order valence-corrected chi connectivity index (χ0v) is 18.6. The van der Waals surface area contributed by atoms with Crippen LogP contribution in [0.1, 0.15) is 30.1 Å². The maximum atomic E-state index is 13.2. The van der Waals surface area contributed by atoms with Gasteiger partial charge in [0.2, 0.25) is 5.91 Å². The van der Waals surface area contributed by atoms with Gasteiger partial charge in [0.1, 0.15) is 21.6 Å². The summed E-state index contributed by atoms with van der Waals surface area (Å²) in [5, 5.41) is 0. The van der Waals surface area contributed by atoms with Gasteiger partial charge in [-0.2, -0.15) is 0 Å². The molecular weight excluding hydrogens is 406 g/mol. The molecule has 1 atom stereocenters. The van der Waals surface area contributed by atoms with Gasteiger partial charge < -0.3 is 14.5 Å². The average Bonchev–Trinajstić information content (AvgIpc) is 3.21. The van der Waals surface area contributed by atoms with Crippen LogP contribution in [0.5, 0.6) is 5.75 Å². The molecule has 9 heteroatoms. The largest absolute Gasteiger partial charge is 0.493 e. The minimum atomic E-state index is -2.99. The lowest BCUT2D eigenvalue weighted by Crippen LogP contribution is -2.54. The monoisotopic (exact) mass is 437 g/mol. The van der Waals surface area contributed by atoms with Crippen LogP contribution in [0.15, 0.2) is 24.3 Å². The number of carbonyl (C=O) groups excluding carboxylic acids is 2. The molecule has 1 unspecified atom stereocenters. The fraction of sp³-hybridized carbons (Fsp3) is 0.619. The second-order valence-electron chi connectivity index (χ2n) is 7.88. The van der Waals surface area contributed by atoms with Crippen molar-refractivity contribution in [2.75, 3.05) is 57.9 Å². The number of hydrogen-bond acceptors (Lipinski definition) is 6. The minimum Gasteiger partial charge on any atom is -0.493 e. The molecule has 166 valence electrons. The molecule has 0 bridgehead atoms. The maximum absolute atomic E-state index is 13.2. The Morgan fingerprint density at radius 1 is 1.10 bits per heavy atom. The highest BCUT2D eigenvalue weighted by Crippen LogP contribution is 2.26. The molecule has 0 spiro atoms. The molecule has 0 aromatic heterocycles. The number of ether oxygens (including phenoxy) is 1. The lowest BCUT2D eigenvalue weighted by Gasteiger charge is -2.37. The lowest BCUT2D eigenvalue weighted by molar-refractivity contribution is -0.137. The molecule has 0 N–H and O–H groups in total. The number of sulfone groups is 1. The van der Waals surface area contributed by atoms with E-state index >= 15 is 0 Å². The van der Waals surface area contributed by atoms with Crippen molar-refractivity contribution in [3.8, 4) is 5.75 Å². The Labute approximate surface area is 178 Å². The molecule has 3 rings (SSSR count). The van der Waals surface area contributed by atoms with E-state index in [1.165, 1.54) is 6.26 Å². The van der Waals surface area contributed by atoms with Crippen molar-refractivity contribution >= 4 is 21.7 Å². The standard InChI is InChI=1S/C21H31N3O5S/c1-3-29-19-9-5-4-7-17(19)20(25)24-10-6-8-18(24)21(26)23-13-11-22(12-14-23)15-16-30(2,27)28/h4-5,7,9,18H,3,6,8,10-16H2,1-2H3. The van der Waals surface area contributed by atoms with Gasteiger partial charge in [-0.05, 0) is 31.9 Å². The van der Waals surface area contributed by atoms with Gasteiger partial charge in [0, 0.05) is 45.5 Å². The highest BCUT2D eigenvalue weighted by atomic mass is 32.2. The number of rotatable bonds is 7. The first-order valence-corrected chi connectivity index (χ1v) is 12.6. The van der Waals surface area contributed by atoms with Gasteiger partial charge in [-0.1, -0.05) is 12.1 Å². The van der Waals surface area contributed by atoms with Crippen LogP contribution in [-0.2, 0) is 14.6 Å². The summed E-state index contributed by atoms with van der Waals surface area (Å²) in [5.41, 5.74) is 0.490. The molecule has 1 aromatic rings. The first kappa shape index (κ1) is 22.6. The maximum Gasteiger partial charge on any atom is 0.258 e. The number of carbonyl (C=O) groups is 2. The molecule has 1 aromatic carbocycles. The van der Waals surface area contributed by atoms with E-state index in [0.717, 1.165) is 6.42 Å². The van der Waals surface area contributed by atoms with Crippen LogP contribution in [0.25, 0.3) is 0 Å². The van der Waals surface area contributed by atoms with Crippen molar-refractivity contribution in [3.05, 3.63) is 29.8 Å². The van der Waals surface area contributed by atoms with E-state index in [1.807, 2.05) is 17.9 Å². The summed E-state index contributed by atoms with van der Waals surface area (Å²) in [7, 11) is -2.99. The SMILES string of the molecule is CCOc1ccccc1C(=O)N1CCCC1C(=O)N1CCN(CCS(C)(=O)=O)CC1. The van der Waals surface area contributed by atoms with Gasteiger partial charge in [-0.3, -0.25) is 14.5 Å². The van der Waals surface area contributed by atoms with Crippen LogP contribution in [0.2, 0.25) is 0 Å². The normalized spacial score (nSPS) is 20.4. The molecule has 2 heterocycles. The van der Waals surface area contributed by atoms with Crippen LogP contribution < -0.4 is 4.74 Å². The van der Waals surface area contributed by atoms with Crippen molar-refractivity contribution < 1.29 is 22.7 Å². The number of nitrogens with zero attached hydrogens (tertiary/aromatic N) is 3. The Kier molecular flexibility index (Phi) is 7.36. The van der Waals surface area contributed by atoms with Gasteiger partial charge in [0.25, 0.3) is 5.91 Å². The van der Waals surface area contributed by atoms with Gasteiger partial charge in [0.05, 0.1) is 17.9 Å². The molecule has 0 saturated carbocycles. The first-order valence-electron chi connectivity index (χ1n) is 10.5. The highest BCUT2D eigenvalue weighted by molar-refractivity contribution is 7.90. The van der Waals surface area contributed by atoms with E-state index in [2.05, 4.69) is 4.90 Å². The molecule has 0 aliphatic carbocycles. The molecule has 0 radical (unpaired) electrons. The number of hydrogen-bond donors (Lipinski definition) is 0. The molecule has 30 heavy (non-hydrogen) atoms. The number of amides is 2. The van der Waals surface area contributed by atoms with E-state index in [9.17, 15) is 18.0 Å². The molecule has 2 aliphatic rings. The Hall–Kier alpha value is -2.13. The molecule has 2 aliphatic heterocycles. The summed E-state index contributed by atoms with van der Waals surface area (Å²) >= 11 is 0. The highest BCUT2D eigenvalue weighted by Gasteiger charge is 2.38. The van der Waals surface area contributed by atoms with Gasteiger partial charge in [-0.25, -0.2) is 8.42 Å². The Bertz CT molecular complexity index is 865. The zero-order chi connectivity index (χ0) is 21.7. The molecule has 2 fully saturated rings. The van der Waals surface area contributed by atoms with E-state index in [0.29, 0.717) is 63.6 Å². The smallest absolute Gasteiger partial charge is 0.258 e. The molecule has 2 saturated heterocycles. The van der Waals surface area contributed by atoms with Crippen LogP contribution in [-0.4, -0.2) is 98.9 Å². The number of benzene rings is 1. The fourth-order valence-electron chi connectivity index (χ4n) is 4.04. The van der Waals surface area contributed by atoms with Crippen LogP contribution >= 0.6 is 0 Å². The number of likely N-dealkylation sites (tertiary alicyclic amines) is 1. The Morgan fingerprint density at radius 2 is 1.80 bits per heavy atom. The van der Waals surface area contributed by atoms with Crippen molar-refractivity contribution in [2.45, 2.75) is 25.8 Å². The van der Waals surface area contributed by atoms with Crippen molar-refractivity contribution in [1.82, 2.24) is 14.7 Å². The summed E-state index contributed by atoms with van der Waals surface area (Å²) in [5.74, 6) is 0.493. The Balaban J connectivity index is 1.62. The molecule has 2 amide bonds. The predicted molar refractivity (Wildman–Crippen MR) is 114 cm³/mol. The number of piperazine rings is 1. The van der Waals surface area contributed by atoms with Crippen LogP contribution in [0.3, 0.4) is 0 Å². The van der Waals surface area contributed by atoms with Crippen LogP contribution in [0.4, 0.5) is 0 Å². The summed E-state index contributed by atoms with van der Waals surface area (Å²) < 4.78 is 28.3. The van der Waals surface area contributed by atoms with E-state index < -0.39 is 15.9 Å². The van der Waals surface area contributed by atoms with Crippen LogP contribution in [0, 0.1) is 0 Å². The summed E-state index contributed by atoms with van der Waals surface area (Å²) in [6.45, 7) is 5.79.